The topological polar surface area (TPSA) is 15.3 Å². The minimum atomic E-state index is -4.26. The number of alkyl halides is 3. The zero-order chi connectivity index (χ0) is 15.3. The number of hydrogen-bond acceptors (Lipinski definition) is 2. The van der Waals surface area contributed by atoms with Gasteiger partial charge in [0.2, 0.25) is 0 Å². The quantitative estimate of drug-likeness (QED) is 0.882. The fourth-order valence-corrected chi connectivity index (χ4v) is 2.80. The van der Waals surface area contributed by atoms with E-state index in [1.807, 2.05) is 0 Å². The van der Waals surface area contributed by atoms with Crippen molar-refractivity contribution < 1.29 is 13.2 Å². The molecule has 5 heteroatoms. The van der Waals surface area contributed by atoms with Crippen molar-refractivity contribution in [2.24, 2.45) is 0 Å². The Bertz CT molecular complexity index is 422. The molecule has 1 heterocycles. The zero-order valence-corrected chi connectivity index (χ0v) is 12.4. The van der Waals surface area contributed by atoms with Crippen LogP contribution in [0, 0.1) is 0 Å². The number of nitrogens with zero attached hydrogens (tertiary/aromatic N) is 1. The third-order valence-corrected chi connectivity index (χ3v) is 3.91. The van der Waals surface area contributed by atoms with Crippen molar-refractivity contribution in [2.45, 2.75) is 44.8 Å². The van der Waals surface area contributed by atoms with Crippen molar-refractivity contribution >= 4 is 5.69 Å². The average molecular weight is 300 g/mol. The molecule has 21 heavy (non-hydrogen) atoms. The Kier molecular flexibility index (Phi) is 5.51. The Morgan fingerprint density at radius 2 is 1.90 bits per heavy atom. The smallest absolute Gasteiger partial charge is 0.370 e. The minimum absolute atomic E-state index is 0.438. The maximum atomic E-state index is 12.6. The second-order valence-corrected chi connectivity index (χ2v) is 5.64. The van der Waals surface area contributed by atoms with E-state index in [0.29, 0.717) is 6.04 Å². The van der Waals surface area contributed by atoms with Crippen molar-refractivity contribution in [2.75, 3.05) is 24.5 Å². The molecule has 1 saturated heterocycles. The summed E-state index contributed by atoms with van der Waals surface area (Å²) in [5.74, 6) is 0. The normalized spacial score (nSPS) is 19.5. The maximum Gasteiger partial charge on any atom is 0.416 e. The van der Waals surface area contributed by atoms with Crippen LogP contribution in [0.2, 0.25) is 0 Å². The lowest BCUT2D eigenvalue weighted by molar-refractivity contribution is -0.137. The van der Waals surface area contributed by atoms with E-state index in [1.165, 1.54) is 25.0 Å². The maximum absolute atomic E-state index is 12.6. The largest absolute Gasteiger partial charge is 0.416 e. The van der Waals surface area contributed by atoms with E-state index in [2.05, 4.69) is 17.1 Å². The van der Waals surface area contributed by atoms with Crippen LogP contribution in [-0.2, 0) is 6.18 Å². The van der Waals surface area contributed by atoms with E-state index in [-0.39, 0.29) is 0 Å². The highest BCUT2D eigenvalue weighted by Gasteiger charge is 2.30. The molecule has 0 aliphatic carbocycles. The summed E-state index contributed by atoms with van der Waals surface area (Å²) in [5.41, 5.74) is 0.288. The van der Waals surface area contributed by atoms with Gasteiger partial charge in [-0.25, -0.2) is 0 Å². The van der Waals surface area contributed by atoms with Crippen molar-refractivity contribution in [3.63, 3.8) is 0 Å². The molecule has 0 aromatic heterocycles. The average Bonchev–Trinajstić information content (AvgIpc) is 2.47. The fourth-order valence-electron chi connectivity index (χ4n) is 2.80. The number of hydrogen-bond donors (Lipinski definition) is 1. The third kappa shape index (κ3) is 4.63. The standard InChI is InChI=1S/C16H23F3N2/c1-2-11-21(12-14-5-3-4-10-20-14)15-8-6-13(7-9-15)16(17,18)19/h6-9,14,20H,2-5,10-12H2,1H3. The monoisotopic (exact) mass is 300 g/mol. The Hall–Kier alpha value is -1.23. The van der Waals surface area contributed by atoms with Gasteiger partial charge < -0.3 is 10.2 Å². The molecule has 0 radical (unpaired) electrons. The summed E-state index contributed by atoms with van der Waals surface area (Å²) in [6.07, 6.45) is 0.294. The van der Waals surface area contributed by atoms with Gasteiger partial charge in [0.25, 0.3) is 0 Å². The summed E-state index contributed by atoms with van der Waals surface area (Å²) >= 11 is 0. The predicted molar refractivity (Wildman–Crippen MR) is 79.6 cm³/mol. The molecule has 2 rings (SSSR count). The van der Waals surface area contributed by atoms with Gasteiger partial charge in [-0.05, 0) is 50.1 Å². The zero-order valence-electron chi connectivity index (χ0n) is 12.4. The van der Waals surface area contributed by atoms with E-state index in [4.69, 9.17) is 0 Å². The summed E-state index contributed by atoms with van der Waals surface area (Å²) in [6.45, 7) is 4.85. The first-order chi connectivity index (χ1) is 10.0. The van der Waals surface area contributed by atoms with Gasteiger partial charge in [0.05, 0.1) is 5.56 Å². The molecule has 1 unspecified atom stereocenters. The molecule has 1 aliphatic heterocycles. The molecule has 1 aromatic carbocycles. The minimum Gasteiger partial charge on any atom is -0.370 e. The summed E-state index contributed by atoms with van der Waals surface area (Å²) < 4.78 is 37.9. The summed E-state index contributed by atoms with van der Waals surface area (Å²) in [6, 6.07) is 5.95. The van der Waals surface area contributed by atoms with Crippen LogP contribution in [-0.4, -0.2) is 25.7 Å². The second-order valence-electron chi connectivity index (χ2n) is 5.64. The van der Waals surface area contributed by atoms with Gasteiger partial charge in [0, 0.05) is 24.8 Å². The van der Waals surface area contributed by atoms with Crippen molar-refractivity contribution in [1.29, 1.82) is 0 Å². The first-order valence-corrected chi connectivity index (χ1v) is 7.66. The third-order valence-electron chi connectivity index (χ3n) is 3.91. The molecule has 0 saturated carbocycles. The second kappa shape index (κ2) is 7.16. The highest BCUT2D eigenvalue weighted by molar-refractivity contribution is 5.48. The van der Waals surface area contributed by atoms with E-state index in [9.17, 15) is 13.2 Å². The van der Waals surface area contributed by atoms with Gasteiger partial charge in [-0.3, -0.25) is 0 Å². The molecular weight excluding hydrogens is 277 g/mol. The fraction of sp³-hybridized carbons (Fsp3) is 0.625. The van der Waals surface area contributed by atoms with E-state index >= 15 is 0 Å². The summed E-state index contributed by atoms with van der Waals surface area (Å²) in [7, 11) is 0. The number of anilines is 1. The molecule has 118 valence electrons. The number of benzene rings is 1. The van der Waals surface area contributed by atoms with Gasteiger partial charge >= 0.3 is 6.18 Å². The van der Waals surface area contributed by atoms with Gasteiger partial charge in [0.1, 0.15) is 0 Å². The first kappa shape index (κ1) is 16.1. The van der Waals surface area contributed by atoms with Crippen LogP contribution in [0.5, 0.6) is 0 Å². The lowest BCUT2D eigenvalue weighted by atomic mass is 10.0. The van der Waals surface area contributed by atoms with Crippen molar-refractivity contribution in [3.8, 4) is 0 Å². The molecule has 1 fully saturated rings. The van der Waals surface area contributed by atoms with Gasteiger partial charge in [-0.15, -0.1) is 0 Å². The van der Waals surface area contributed by atoms with Crippen molar-refractivity contribution in [3.05, 3.63) is 29.8 Å². The summed E-state index contributed by atoms with van der Waals surface area (Å²) in [5, 5.41) is 3.49. The van der Waals surface area contributed by atoms with Crippen LogP contribution < -0.4 is 10.2 Å². The molecule has 2 nitrogen and oxygen atoms in total. The Morgan fingerprint density at radius 1 is 1.19 bits per heavy atom. The van der Waals surface area contributed by atoms with Crippen LogP contribution >= 0.6 is 0 Å². The van der Waals surface area contributed by atoms with Crippen LogP contribution in [0.1, 0.15) is 38.2 Å². The van der Waals surface area contributed by atoms with Crippen LogP contribution in [0.25, 0.3) is 0 Å². The molecule has 0 spiro atoms. The van der Waals surface area contributed by atoms with Crippen LogP contribution in [0.15, 0.2) is 24.3 Å². The predicted octanol–water partition coefficient (Wildman–Crippen LogP) is 4.06. The van der Waals surface area contributed by atoms with Crippen LogP contribution in [0.4, 0.5) is 18.9 Å². The Morgan fingerprint density at radius 3 is 2.43 bits per heavy atom. The van der Waals surface area contributed by atoms with E-state index in [1.54, 1.807) is 12.1 Å². The van der Waals surface area contributed by atoms with E-state index < -0.39 is 11.7 Å². The number of piperidine rings is 1. The molecule has 1 aliphatic rings. The lowest BCUT2D eigenvalue weighted by Gasteiger charge is -2.32. The highest BCUT2D eigenvalue weighted by atomic mass is 19.4. The van der Waals surface area contributed by atoms with Gasteiger partial charge in [0.15, 0.2) is 0 Å². The Balaban J connectivity index is 2.06. The number of nitrogens with one attached hydrogen (secondary N) is 1. The SMILES string of the molecule is CCCN(CC1CCCCN1)c1ccc(C(F)(F)F)cc1. The summed E-state index contributed by atoms with van der Waals surface area (Å²) in [4.78, 5) is 2.18. The molecule has 1 atom stereocenters. The molecular formula is C16H23F3N2. The van der Waals surface area contributed by atoms with Crippen molar-refractivity contribution in [1.82, 2.24) is 5.32 Å². The highest BCUT2D eigenvalue weighted by Crippen LogP contribution is 2.30. The van der Waals surface area contributed by atoms with Crippen LogP contribution in [0.3, 0.4) is 0 Å². The molecule has 1 aromatic rings. The van der Waals surface area contributed by atoms with E-state index in [0.717, 1.165) is 38.2 Å². The number of rotatable bonds is 5. The molecule has 1 N–H and O–H groups in total. The molecule has 0 bridgehead atoms. The number of halogens is 3. The lowest BCUT2D eigenvalue weighted by Crippen LogP contribution is -2.44. The van der Waals surface area contributed by atoms with Gasteiger partial charge in [-0.2, -0.15) is 13.2 Å². The first-order valence-electron chi connectivity index (χ1n) is 7.66. The van der Waals surface area contributed by atoms with Gasteiger partial charge in [-0.1, -0.05) is 13.3 Å². The Labute approximate surface area is 124 Å². The molecule has 0 amide bonds.